The van der Waals surface area contributed by atoms with Crippen molar-refractivity contribution in [3.8, 4) is 0 Å². The summed E-state index contributed by atoms with van der Waals surface area (Å²) in [5.74, 6) is 4.30. The molecule has 0 radical (unpaired) electrons. The molecule has 4 saturated carbocycles. The van der Waals surface area contributed by atoms with Gasteiger partial charge in [0.2, 0.25) is 0 Å². The average Bonchev–Trinajstić information content (AvgIpc) is 2.74. The molecule has 0 spiro atoms. The molecular weight excluding hydrogens is 234 g/mol. The minimum atomic E-state index is 0.596. The molecule has 3 heteroatoms. The predicted octanol–water partition coefficient (Wildman–Crippen LogP) is 2.60. The van der Waals surface area contributed by atoms with Crippen LogP contribution >= 0.6 is 0 Å². The van der Waals surface area contributed by atoms with Gasteiger partial charge >= 0.3 is 0 Å². The molecule has 3 nitrogen and oxygen atoms in total. The van der Waals surface area contributed by atoms with Crippen LogP contribution in [-0.4, -0.2) is 16.1 Å². The summed E-state index contributed by atoms with van der Waals surface area (Å²) in [6, 6.07) is 0. The lowest BCUT2D eigenvalue weighted by molar-refractivity contribution is -0.0622. The summed E-state index contributed by atoms with van der Waals surface area (Å²) in [7, 11) is 0. The lowest BCUT2D eigenvalue weighted by atomic mass is 9.49. The number of aromatic nitrogens is 2. The van der Waals surface area contributed by atoms with Gasteiger partial charge in [-0.3, -0.25) is 0 Å². The highest BCUT2D eigenvalue weighted by molar-refractivity contribution is 5.03. The van der Waals surface area contributed by atoms with Crippen molar-refractivity contribution in [3.05, 3.63) is 18.2 Å². The molecule has 1 heterocycles. The Balaban J connectivity index is 1.57. The normalized spacial score (nSPS) is 39.9. The van der Waals surface area contributed by atoms with Gasteiger partial charge < -0.3 is 10.3 Å². The third-order valence-corrected chi connectivity index (χ3v) is 5.84. The molecule has 4 fully saturated rings. The molecule has 2 N–H and O–H groups in total. The van der Waals surface area contributed by atoms with Crippen molar-refractivity contribution < 1.29 is 0 Å². The Morgan fingerprint density at radius 3 is 2.37 bits per heavy atom. The molecule has 0 amide bonds. The summed E-state index contributed by atoms with van der Waals surface area (Å²) in [5, 5.41) is 0. The molecule has 4 aliphatic rings. The average molecular weight is 259 g/mol. The van der Waals surface area contributed by atoms with Crippen LogP contribution in [0.5, 0.6) is 0 Å². The van der Waals surface area contributed by atoms with Gasteiger partial charge in [-0.15, -0.1) is 0 Å². The summed E-state index contributed by atoms with van der Waals surface area (Å²) in [6.07, 6.45) is 14.0. The minimum absolute atomic E-state index is 0.596. The van der Waals surface area contributed by atoms with E-state index in [1.54, 1.807) is 0 Å². The minimum Gasteiger partial charge on any atom is -0.334 e. The third kappa shape index (κ3) is 2.03. The van der Waals surface area contributed by atoms with Crippen molar-refractivity contribution in [1.82, 2.24) is 9.55 Å². The second-order valence-corrected chi connectivity index (χ2v) is 7.43. The van der Waals surface area contributed by atoms with Gasteiger partial charge in [-0.05, 0) is 68.2 Å². The first-order valence-electron chi connectivity index (χ1n) is 7.96. The summed E-state index contributed by atoms with van der Waals surface area (Å²) in [4.78, 5) is 4.49. The van der Waals surface area contributed by atoms with Gasteiger partial charge in [-0.1, -0.05) is 0 Å². The summed E-state index contributed by atoms with van der Waals surface area (Å²) in [5.41, 5.74) is 6.29. The first kappa shape index (κ1) is 12.0. The van der Waals surface area contributed by atoms with E-state index in [2.05, 4.69) is 15.7 Å². The number of imidazole rings is 1. The predicted molar refractivity (Wildman–Crippen MR) is 75.6 cm³/mol. The Hall–Kier alpha value is -0.830. The smallest absolute Gasteiger partial charge is 0.109 e. The molecule has 0 aliphatic heterocycles. The molecule has 1 aromatic heterocycles. The van der Waals surface area contributed by atoms with E-state index in [-0.39, 0.29) is 0 Å². The van der Waals surface area contributed by atoms with E-state index in [0.29, 0.717) is 12.0 Å². The van der Waals surface area contributed by atoms with E-state index >= 15 is 0 Å². The van der Waals surface area contributed by atoms with Crippen molar-refractivity contribution in [2.45, 2.75) is 51.5 Å². The monoisotopic (exact) mass is 259 g/mol. The van der Waals surface area contributed by atoms with Crippen LogP contribution < -0.4 is 5.73 Å². The highest BCUT2D eigenvalue weighted by atomic mass is 15.1. The van der Waals surface area contributed by atoms with Crippen LogP contribution in [0.15, 0.2) is 12.4 Å². The molecule has 4 aliphatic carbocycles. The first-order valence-corrected chi connectivity index (χ1v) is 7.96. The van der Waals surface area contributed by atoms with E-state index < -0.39 is 0 Å². The lowest BCUT2D eigenvalue weighted by Gasteiger charge is -2.57. The standard InChI is InChI=1S/C16H25N3/c17-2-1-15-18-3-4-19(15)11-16-8-12-5-13(9-16)7-14(6-12)10-16/h3-4,12-14H,1-2,5-11,17H2. The molecule has 0 unspecified atom stereocenters. The van der Waals surface area contributed by atoms with Crippen molar-refractivity contribution in [2.75, 3.05) is 6.54 Å². The maximum absolute atomic E-state index is 5.70. The van der Waals surface area contributed by atoms with Crippen LogP contribution in [0.2, 0.25) is 0 Å². The van der Waals surface area contributed by atoms with Gasteiger partial charge in [-0.2, -0.15) is 0 Å². The first-order chi connectivity index (χ1) is 9.26. The van der Waals surface area contributed by atoms with E-state index in [1.807, 2.05) is 6.20 Å². The molecule has 19 heavy (non-hydrogen) atoms. The number of hydrogen-bond acceptors (Lipinski definition) is 2. The van der Waals surface area contributed by atoms with E-state index in [9.17, 15) is 0 Å². The maximum atomic E-state index is 5.70. The van der Waals surface area contributed by atoms with Gasteiger partial charge in [0, 0.05) is 25.4 Å². The molecule has 5 rings (SSSR count). The number of nitrogens with zero attached hydrogens (tertiary/aromatic N) is 2. The van der Waals surface area contributed by atoms with E-state index in [0.717, 1.165) is 24.2 Å². The maximum Gasteiger partial charge on any atom is 0.109 e. The van der Waals surface area contributed by atoms with Crippen LogP contribution in [-0.2, 0) is 13.0 Å². The highest BCUT2D eigenvalue weighted by Crippen LogP contribution is 2.60. The topological polar surface area (TPSA) is 43.8 Å². The van der Waals surface area contributed by atoms with Crippen LogP contribution in [0, 0.1) is 23.2 Å². The van der Waals surface area contributed by atoms with Gasteiger partial charge in [0.1, 0.15) is 5.82 Å². The highest BCUT2D eigenvalue weighted by Gasteiger charge is 2.50. The largest absolute Gasteiger partial charge is 0.334 e. The van der Waals surface area contributed by atoms with Crippen molar-refractivity contribution >= 4 is 0 Å². The second kappa shape index (κ2) is 4.34. The lowest BCUT2D eigenvalue weighted by Crippen LogP contribution is -2.48. The molecule has 0 atom stereocenters. The van der Waals surface area contributed by atoms with Crippen molar-refractivity contribution in [2.24, 2.45) is 28.9 Å². The molecule has 4 bridgehead atoms. The zero-order chi connectivity index (χ0) is 12.9. The van der Waals surface area contributed by atoms with Crippen molar-refractivity contribution in [3.63, 3.8) is 0 Å². The molecular formula is C16H25N3. The Morgan fingerprint density at radius 1 is 1.16 bits per heavy atom. The second-order valence-electron chi connectivity index (χ2n) is 7.43. The number of hydrogen-bond donors (Lipinski definition) is 1. The molecule has 1 aromatic rings. The van der Waals surface area contributed by atoms with Gasteiger partial charge in [0.25, 0.3) is 0 Å². The van der Waals surface area contributed by atoms with Crippen LogP contribution in [0.1, 0.15) is 44.3 Å². The fourth-order valence-electron chi connectivity index (χ4n) is 5.69. The van der Waals surface area contributed by atoms with Crippen LogP contribution in [0.25, 0.3) is 0 Å². The SMILES string of the molecule is NCCc1nccn1CC12CC3CC(CC(C3)C1)C2. The number of nitrogens with two attached hydrogens (primary N) is 1. The van der Waals surface area contributed by atoms with Gasteiger partial charge in [0.05, 0.1) is 0 Å². The summed E-state index contributed by atoms with van der Waals surface area (Å²) < 4.78 is 2.40. The Kier molecular flexibility index (Phi) is 2.73. The molecule has 0 aromatic carbocycles. The van der Waals surface area contributed by atoms with Crippen LogP contribution in [0.3, 0.4) is 0 Å². The van der Waals surface area contributed by atoms with E-state index in [1.165, 1.54) is 50.9 Å². The Labute approximate surface area is 115 Å². The van der Waals surface area contributed by atoms with Crippen LogP contribution in [0.4, 0.5) is 0 Å². The van der Waals surface area contributed by atoms with E-state index in [4.69, 9.17) is 5.73 Å². The zero-order valence-corrected chi connectivity index (χ0v) is 11.7. The summed E-state index contributed by atoms with van der Waals surface area (Å²) in [6.45, 7) is 1.91. The third-order valence-electron chi connectivity index (χ3n) is 5.84. The Morgan fingerprint density at radius 2 is 1.79 bits per heavy atom. The fraction of sp³-hybridized carbons (Fsp3) is 0.812. The Bertz CT molecular complexity index is 427. The fourth-order valence-corrected chi connectivity index (χ4v) is 5.69. The summed E-state index contributed by atoms with van der Waals surface area (Å²) >= 11 is 0. The van der Waals surface area contributed by atoms with Gasteiger partial charge in [-0.25, -0.2) is 4.98 Å². The van der Waals surface area contributed by atoms with Gasteiger partial charge in [0.15, 0.2) is 0 Å². The van der Waals surface area contributed by atoms with Crippen molar-refractivity contribution in [1.29, 1.82) is 0 Å². The molecule has 104 valence electrons. The number of rotatable bonds is 4. The quantitative estimate of drug-likeness (QED) is 0.903. The molecule has 0 saturated heterocycles. The zero-order valence-electron chi connectivity index (χ0n) is 11.7.